The van der Waals surface area contributed by atoms with Gasteiger partial charge in [0.05, 0.1) is 68.4 Å². The predicted molar refractivity (Wildman–Crippen MR) is 253 cm³/mol. The first-order chi connectivity index (χ1) is 33.0. The van der Waals surface area contributed by atoms with Gasteiger partial charge >= 0.3 is 0 Å². The Balaban J connectivity index is 0.938. The number of hydrogen-bond acceptors (Lipinski definition) is 12. The van der Waals surface area contributed by atoms with E-state index in [1.54, 1.807) is 47.5 Å². The van der Waals surface area contributed by atoms with Crippen LogP contribution in [0, 0.1) is 0 Å². The van der Waals surface area contributed by atoms with E-state index in [0.717, 1.165) is 28.9 Å². The summed E-state index contributed by atoms with van der Waals surface area (Å²) in [6.07, 6.45) is 3.16. The van der Waals surface area contributed by atoms with Crippen LogP contribution in [-0.2, 0) is 45.2 Å². The molecule has 9 rings (SSSR count). The molecular formula is C50H48N8O10. The molecular weight excluding hydrogens is 873 g/mol. The minimum atomic E-state index is -0.616. The molecule has 5 N–H and O–H groups in total. The van der Waals surface area contributed by atoms with Crippen molar-refractivity contribution in [3.8, 4) is 23.0 Å². The number of rotatable bonds is 15. The zero-order valence-electron chi connectivity index (χ0n) is 37.5. The molecule has 348 valence electrons. The molecule has 0 saturated heterocycles. The Morgan fingerprint density at radius 1 is 0.662 bits per heavy atom. The average Bonchev–Trinajstić information content (AvgIpc) is 3.83. The van der Waals surface area contributed by atoms with Crippen LogP contribution in [0.25, 0.3) is 0 Å². The van der Waals surface area contributed by atoms with E-state index in [4.69, 9.17) is 23.9 Å². The molecule has 0 saturated carbocycles. The maximum Gasteiger partial charge on any atom is 0.261 e. The molecule has 4 aliphatic rings. The molecule has 18 nitrogen and oxygen atoms in total. The molecule has 2 unspecified atom stereocenters. The van der Waals surface area contributed by atoms with E-state index < -0.39 is 36.7 Å². The lowest BCUT2D eigenvalue weighted by atomic mass is 10.1. The normalized spacial score (nSPS) is 16.0. The topological polar surface area (TPSA) is 218 Å². The molecule has 5 aromatic rings. The Labute approximate surface area is 391 Å². The van der Waals surface area contributed by atoms with Gasteiger partial charge < -0.3 is 50.4 Å². The third-order valence-corrected chi connectivity index (χ3v) is 12.0. The van der Waals surface area contributed by atoms with Crippen LogP contribution in [0.5, 0.6) is 23.0 Å². The maximum absolute atomic E-state index is 14.0. The fourth-order valence-electron chi connectivity index (χ4n) is 8.82. The molecule has 18 heteroatoms. The van der Waals surface area contributed by atoms with Gasteiger partial charge in [0.1, 0.15) is 13.2 Å². The number of amides is 6. The molecule has 2 atom stereocenters. The number of carbonyl (C=O) groups excluding carboxylic acids is 6. The van der Waals surface area contributed by atoms with Crippen molar-refractivity contribution in [3.05, 3.63) is 124 Å². The third-order valence-electron chi connectivity index (χ3n) is 12.0. The lowest BCUT2D eigenvalue weighted by Gasteiger charge is -2.22. The number of nitrogens with one attached hydrogen (secondary N) is 5. The van der Waals surface area contributed by atoms with Gasteiger partial charge in [-0.25, -0.2) is 0 Å². The van der Waals surface area contributed by atoms with Crippen molar-refractivity contribution in [1.29, 1.82) is 0 Å². The van der Waals surface area contributed by atoms with Crippen LogP contribution < -0.4 is 55.3 Å². The van der Waals surface area contributed by atoms with Crippen LogP contribution >= 0.6 is 0 Å². The van der Waals surface area contributed by atoms with Gasteiger partial charge in [0.15, 0.2) is 23.0 Å². The summed E-state index contributed by atoms with van der Waals surface area (Å²) in [6.45, 7) is 0.670. The number of hydrogen-bond donors (Lipinski definition) is 5. The molecule has 4 aliphatic heterocycles. The molecule has 4 heterocycles. The lowest BCUT2D eigenvalue weighted by molar-refractivity contribution is -0.127. The highest BCUT2D eigenvalue weighted by molar-refractivity contribution is 6.15. The van der Waals surface area contributed by atoms with Gasteiger partial charge in [-0.15, -0.1) is 0 Å². The molecule has 0 fully saturated rings. The summed E-state index contributed by atoms with van der Waals surface area (Å²) in [5.74, 6) is -1.10. The first-order valence-electron chi connectivity index (χ1n) is 22.0. The number of aliphatic imine (C=N–C) groups is 1. The van der Waals surface area contributed by atoms with Gasteiger partial charge in [-0.2, -0.15) is 0 Å². The van der Waals surface area contributed by atoms with Crippen molar-refractivity contribution in [3.63, 3.8) is 0 Å². The SMILES string of the molecule is COc1cc2c(cc1OCc1cc(COc3cc4c(cc3OC)C(=O)N3c5ccccc5CC3CN4)cc(NC(=O)CNC(=O)CNC(=O)CNC(C)=O)c1)N=CC1Cc3ccccc3N1C2=O. The molecule has 5 aromatic carbocycles. The highest BCUT2D eigenvalue weighted by Crippen LogP contribution is 2.43. The van der Waals surface area contributed by atoms with Crippen molar-refractivity contribution in [2.24, 2.45) is 4.99 Å². The van der Waals surface area contributed by atoms with E-state index in [2.05, 4.69) is 26.6 Å². The van der Waals surface area contributed by atoms with Crippen molar-refractivity contribution in [2.75, 3.05) is 60.8 Å². The summed E-state index contributed by atoms with van der Waals surface area (Å²) in [4.78, 5) is 85.0. The van der Waals surface area contributed by atoms with Crippen LogP contribution in [0.2, 0.25) is 0 Å². The van der Waals surface area contributed by atoms with Crippen molar-refractivity contribution < 1.29 is 47.7 Å². The Morgan fingerprint density at radius 2 is 1.24 bits per heavy atom. The van der Waals surface area contributed by atoms with Gasteiger partial charge in [-0.05, 0) is 71.1 Å². The van der Waals surface area contributed by atoms with Gasteiger partial charge in [0.25, 0.3) is 11.8 Å². The molecule has 6 amide bonds. The summed E-state index contributed by atoms with van der Waals surface area (Å²) in [6, 6.07) is 27.4. The monoisotopic (exact) mass is 920 g/mol. The summed E-state index contributed by atoms with van der Waals surface area (Å²) in [5.41, 5.74) is 7.37. The molecule has 0 spiro atoms. The summed E-state index contributed by atoms with van der Waals surface area (Å²) >= 11 is 0. The first kappa shape index (κ1) is 44.8. The number of ether oxygens (including phenoxy) is 4. The highest BCUT2D eigenvalue weighted by atomic mass is 16.5. The van der Waals surface area contributed by atoms with Crippen LogP contribution in [0.3, 0.4) is 0 Å². The quantitative estimate of drug-likeness (QED) is 0.0988. The van der Waals surface area contributed by atoms with Crippen molar-refractivity contribution >= 4 is 70.1 Å². The van der Waals surface area contributed by atoms with Crippen molar-refractivity contribution in [1.82, 2.24) is 16.0 Å². The Hall–Kier alpha value is -8.41. The van der Waals surface area contributed by atoms with Crippen LogP contribution in [-0.4, -0.2) is 94.1 Å². The molecule has 0 aliphatic carbocycles. The minimum absolute atomic E-state index is 0.00334. The van der Waals surface area contributed by atoms with Gasteiger partial charge in [-0.3, -0.25) is 38.7 Å². The van der Waals surface area contributed by atoms with Crippen LogP contribution in [0.4, 0.5) is 28.4 Å². The number of fused-ring (bicyclic) bond motifs is 8. The summed E-state index contributed by atoms with van der Waals surface area (Å²) in [5, 5.41) is 13.4. The van der Waals surface area contributed by atoms with E-state index in [1.165, 1.54) is 21.1 Å². The van der Waals surface area contributed by atoms with E-state index in [0.29, 0.717) is 75.3 Å². The number of methoxy groups -OCH3 is 2. The number of nitrogens with zero attached hydrogens (tertiary/aromatic N) is 3. The number of benzene rings is 5. The standard InChI is InChI=1S/C50H48N8O10/c1-28(59)51-23-46(60)54-24-47(61)55-25-48(62)56-33-13-29(26-67-44-19-38-36(17-42(44)65-2)49(63)57-34(21-52-38)15-31-8-4-6-10-40(31)57)12-30(14-33)27-68-45-20-39-37(18-43(45)66-3)50(64)58-35(22-53-39)16-32-9-5-7-11-41(32)58/h4-14,17-21,34-35,53H,15-16,22-27H2,1-3H3,(H,51,59)(H,54,60)(H,55,61)(H,56,62). The summed E-state index contributed by atoms with van der Waals surface area (Å²) < 4.78 is 24.2. The fourth-order valence-corrected chi connectivity index (χ4v) is 8.82. The lowest BCUT2D eigenvalue weighted by Crippen LogP contribution is -2.43. The molecule has 0 bridgehead atoms. The van der Waals surface area contributed by atoms with Crippen LogP contribution in [0.15, 0.2) is 96.0 Å². The van der Waals surface area contributed by atoms with E-state index in [-0.39, 0.29) is 43.7 Å². The summed E-state index contributed by atoms with van der Waals surface area (Å²) in [7, 11) is 2.99. The zero-order valence-corrected chi connectivity index (χ0v) is 37.5. The average molecular weight is 921 g/mol. The second-order valence-electron chi connectivity index (χ2n) is 16.6. The molecule has 0 aromatic heterocycles. The first-order valence-corrected chi connectivity index (χ1v) is 22.0. The maximum atomic E-state index is 14.0. The smallest absolute Gasteiger partial charge is 0.261 e. The van der Waals surface area contributed by atoms with Crippen LogP contribution in [0.1, 0.15) is 49.9 Å². The Morgan fingerprint density at radius 3 is 1.90 bits per heavy atom. The number of para-hydroxylation sites is 2. The van der Waals surface area contributed by atoms with Gasteiger partial charge in [-0.1, -0.05) is 36.4 Å². The zero-order chi connectivity index (χ0) is 47.5. The predicted octanol–water partition coefficient (Wildman–Crippen LogP) is 4.45. The Kier molecular flexibility index (Phi) is 12.6. The molecule has 68 heavy (non-hydrogen) atoms. The number of anilines is 4. The Bertz CT molecular complexity index is 2900. The second kappa shape index (κ2) is 19.2. The van der Waals surface area contributed by atoms with E-state index in [1.807, 2.05) is 59.5 Å². The number of carbonyl (C=O) groups is 6. The van der Waals surface area contributed by atoms with Gasteiger partial charge in [0.2, 0.25) is 23.6 Å². The van der Waals surface area contributed by atoms with E-state index >= 15 is 0 Å². The fraction of sp³-hybridized carbons (Fsp3) is 0.260. The highest BCUT2D eigenvalue weighted by Gasteiger charge is 2.39. The largest absolute Gasteiger partial charge is 0.493 e. The van der Waals surface area contributed by atoms with Gasteiger partial charge in [0, 0.05) is 55.3 Å². The van der Waals surface area contributed by atoms with Crippen molar-refractivity contribution in [2.45, 2.75) is 45.1 Å². The minimum Gasteiger partial charge on any atom is -0.493 e. The second-order valence-corrected chi connectivity index (χ2v) is 16.6. The molecule has 0 radical (unpaired) electrons. The van der Waals surface area contributed by atoms with E-state index in [9.17, 15) is 28.8 Å². The third kappa shape index (κ3) is 9.33.